The van der Waals surface area contributed by atoms with Crippen molar-refractivity contribution in [1.82, 2.24) is 30.3 Å². The Labute approximate surface area is 173 Å². The van der Waals surface area contributed by atoms with Crippen LogP contribution in [-0.4, -0.2) is 30.9 Å². The van der Waals surface area contributed by atoms with Crippen molar-refractivity contribution < 1.29 is 4.79 Å². The summed E-state index contributed by atoms with van der Waals surface area (Å²) < 4.78 is 1.63. The van der Waals surface area contributed by atoms with Crippen LogP contribution in [0.25, 0.3) is 10.9 Å². The molecule has 3 aromatic heterocycles. The summed E-state index contributed by atoms with van der Waals surface area (Å²) in [4.78, 5) is 31.2. The van der Waals surface area contributed by atoms with Gasteiger partial charge in [0.1, 0.15) is 0 Å². The Hall–Kier alpha value is -3.81. The number of benzene rings is 1. The summed E-state index contributed by atoms with van der Waals surface area (Å²) in [6, 6.07) is 11.6. The number of carbonyl (C=O) groups is 1. The lowest BCUT2D eigenvalue weighted by atomic mass is 10.1. The van der Waals surface area contributed by atoms with Crippen molar-refractivity contribution in [2.24, 2.45) is 0 Å². The van der Waals surface area contributed by atoms with E-state index in [9.17, 15) is 9.59 Å². The number of pyridine rings is 2. The fraction of sp³-hybridized carbons (Fsp3) is 0.227. The van der Waals surface area contributed by atoms with Gasteiger partial charge in [-0.25, -0.2) is 4.68 Å². The zero-order valence-electron chi connectivity index (χ0n) is 17.1. The summed E-state index contributed by atoms with van der Waals surface area (Å²) in [6.45, 7) is 6.43. The van der Waals surface area contributed by atoms with Gasteiger partial charge in [-0.05, 0) is 55.7 Å². The van der Waals surface area contributed by atoms with Crippen molar-refractivity contribution in [2.45, 2.75) is 33.9 Å². The number of carbonyl (C=O) groups excluding carboxylic acids is 1. The first-order chi connectivity index (χ1) is 14.4. The molecule has 0 atom stereocenters. The Bertz CT molecular complexity index is 1280. The third kappa shape index (κ3) is 4.12. The number of amides is 1. The minimum atomic E-state index is -0.315. The molecule has 30 heavy (non-hydrogen) atoms. The van der Waals surface area contributed by atoms with Crippen LogP contribution < -0.4 is 10.9 Å². The van der Waals surface area contributed by atoms with E-state index < -0.39 is 0 Å². The second-order valence-electron chi connectivity index (χ2n) is 7.38. The summed E-state index contributed by atoms with van der Waals surface area (Å²) in [5.74, 6) is -0.315. The van der Waals surface area contributed by atoms with Crippen molar-refractivity contribution in [1.29, 1.82) is 0 Å². The van der Waals surface area contributed by atoms with Crippen LogP contribution in [0.2, 0.25) is 0 Å². The molecule has 0 aliphatic carbocycles. The second-order valence-corrected chi connectivity index (χ2v) is 7.38. The first-order valence-electron chi connectivity index (χ1n) is 9.63. The number of fused-ring (bicyclic) bond motifs is 1. The number of aromatic amines is 1. The Morgan fingerprint density at radius 1 is 1.13 bits per heavy atom. The smallest absolute Gasteiger partial charge is 0.273 e. The molecule has 0 fully saturated rings. The van der Waals surface area contributed by atoms with Crippen LogP contribution in [0, 0.1) is 20.8 Å². The zero-order valence-corrected chi connectivity index (χ0v) is 17.1. The molecule has 4 rings (SSSR count). The molecule has 0 aliphatic rings. The third-order valence-electron chi connectivity index (χ3n) is 5.02. The number of hydrogen-bond acceptors (Lipinski definition) is 5. The number of nitrogens with one attached hydrogen (secondary N) is 2. The van der Waals surface area contributed by atoms with Gasteiger partial charge in [0.2, 0.25) is 5.56 Å². The van der Waals surface area contributed by atoms with Gasteiger partial charge in [-0.1, -0.05) is 17.3 Å². The van der Waals surface area contributed by atoms with Crippen molar-refractivity contribution in [3.05, 3.63) is 86.7 Å². The lowest BCUT2D eigenvalue weighted by Gasteiger charge is -2.09. The standard InChI is InChI=1S/C22H22N6O2/c1-13-8-21(29)25-15(3)18(13)10-23-22(30)20-12-28(27-26-20)11-16-5-7-19-17(9-16)6-4-14(2)24-19/h4-9,12H,10-11H2,1-3H3,(H,23,30)(H,25,29). The topological polar surface area (TPSA) is 106 Å². The van der Waals surface area contributed by atoms with E-state index in [1.54, 1.807) is 10.9 Å². The van der Waals surface area contributed by atoms with E-state index in [0.717, 1.165) is 39.0 Å². The number of rotatable bonds is 5. The fourth-order valence-corrected chi connectivity index (χ4v) is 3.45. The molecule has 0 spiro atoms. The average Bonchev–Trinajstić information content (AvgIpc) is 3.15. The van der Waals surface area contributed by atoms with Crippen LogP contribution in [0.15, 0.2) is 47.4 Å². The molecule has 0 radical (unpaired) electrons. The van der Waals surface area contributed by atoms with Crippen LogP contribution in [0.3, 0.4) is 0 Å². The molecule has 0 saturated heterocycles. The first kappa shape index (κ1) is 19.5. The Balaban J connectivity index is 1.44. The van der Waals surface area contributed by atoms with E-state index in [1.165, 1.54) is 6.07 Å². The normalized spacial score (nSPS) is 11.0. The van der Waals surface area contributed by atoms with Crippen LogP contribution in [0.5, 0.6) is 0 Å². The lowest BCUT2D eigenvalue weighted by molar-refractivity contribution is 0.0945. The summed E-state index contributed by atoms with van der Waals surface area (Å²) in [5.41, 5.74) is 5.53. The molecule has 1 amide bonds. The molecule has 152 valence electrons. The number of hydrogen-bond donors (Lipinski definition) is 2. The van der Waals surface area contributed by atoms with Crippen molar-refractivity contribution >= 4 is 16.8 Å². The van der Waals surface area contributed by atoms with Gasteiger partial charge >= 0.3 is 0 Å². The summed E-state index contributed by atoms with van der Waals surface area (Å²) in [6.07, 6.45) is 1.62. The van der Waals surface area contributed by atoms with Crippen LogP contribution in [-0.2, 0) is 13.1 Å². The Morgan fingerprint density at radius 3 is 2.77 bits per heavy atom. The lowest BCUT2D eigenvalue weighted by Crippen LogP contribution is -2.25. The quantitative estimate of drug-likeness (QED) is 0.533. The molecular weight excluding hydrogens is 380 g/mol. The molecule has 0 bridgehead atoms. The molecule has 8 heteroatoms. The minimum absolute atomic E-state index is 0.150. The molecule has 0 saturated carbocycles. The average molecular weight is 402 g/mol. The van der Waals surface area contributed by atoms with Crippen LogP contribution in [0.4, 0.5) is 0 Å². The van der Waals surface area contributed by atoms with Gasteiger partial charge in [0, 0.05) is 29.4 Å². The predicted molar refractivity (Wildman–Crippen MR) is 113 cm³/mol. The van der Waals surface area contributed by atoms with Crippen molar-refractivity contribution in [3.8, 4) is 0 Å². The van der Waals surface area contributed by atoms with Crippen LogP contribution >= 0.6 is 0 Å². The number of aryl methyl sites for hydroxylation is 3. The molecule has 8 nitrogen and oxygen atoms in total. The van der Waals surface area contributed by atoms with E-state index in [-0.39, 0.29) is 17.2 Å². The summed E-state index contributed by atoms with van der Waals surface area (Å²) >= 11 is 0. The second kappa shape index (κ2) is 7.90. The van der Waals surface area contributed by atoms with Gasteiger partial charge in [-0.15, -0.1) is 5.10 Å². The van der Waals surface area contributed by atoms with Crippen molar-refractivity contribution in [2.75, 3.05) is 0 Å². The number of aromatic nitrogens is 5. The third-order valence-corrected chi connectivity index (χ3v) is 5.02. The monoisotopic (exact) mass is 402 g/mol. The highest BCUT2D eigenvalue weighted by Gasteiger charge is 2.13. The number of nitrogens with zero attached hydrogens (tertiary/aromatic N) is 4. The maximum absolute atomic E-state index is 12.5. The van der Waals surface area contributed by atoms with E-state index in [4.69, 9.17) is 0 Å². The molecule has 2 N–H and O–H groups in total. The summed E-state index contributed by atoms with van der Waals surface area (Å²) in [5, 5.41) is 12.0. The van der Waals surface area contributed by atoms with E-state index in [0.29, 0.717) is 13.1 Å². The van der Waals surface area contributed by atoms with Gasteiger partial charge in [0.15, 0.2) is 5.69 Å². The van der Waals surface area contributed by atoms with Gasteiger partial charge in [0.25, 0.3) is 5.91 Å². The van der Waals surface area contributed by atoms with Crippen LogP contribution in [0.1, 0.15) is 38.6 Å². The first-order valence-corrected chi connectivity index (χ1v) is 9.63. The largest absolute Gasteiger partial charge is 0.346 e. The van der Waals surface area contributed by atoms with Gasteiger partial charge in [-0.2, -0.15) is 0 Å². The highest BCUT2D eigenvalue weighted by Crippen LogP contribution is 2.15. The molecule has 4 aromatic rings. The zero-order chi connectivity index (χ0) is 21.3. The van der Waals surface area contributed by atoms with Crippen molar-refractivity contribution in [3.63, 3.8) is 0 Å². The van der Waals surface area contributed by atoms with E-state index >= 15 is 0 Å². The highest BCUT2D eigenvalue weighted by molar-refractivity contribution is 5.91. The fourth-order valence-electron chi connectivity index (χ4n) is 3.45. The molecular formula is C22H22N6O2. The highest BCUT2D eigenvalue weighted by atomic mass is 16.2. The Morgan fingerprint density at radius 2 is 1.97 bits per heavy atom. The van der Waals surface area contributed by atoms with Gasteiger partial charge in [0.05, 0.1) is 18.3 Å². The number of H-pyrrole nitrogens is 1. The maximum Gasteiger partial charge on any atom is 0.273 e. The molecule has 1 aromatic carbocycles. The van der Waals surface area contributed by atoms with E-state index in [2.05, 4.69) is 31.7 Å². The van der Waals surface area contributed by atoms with Gasteiger partial charge < -0.3 is 10.3 Å². The maximum atomic E-state index is 12.5. The molecule has 0 unspecified atom stereocenters. The Kier molecular flexibility index (Phi) is 5.14. The minimum Gasteiger partial charge on any atom is -0.346 e. The SMILES string of the molecule is Cc1ccc2cc(Cn3cc(C(=O)NCc4c(C)cc(=O)[nH]c4C)nn3)ccc2n1. The van der Waals surface area contributed by atoms with Gasteiger partial charge in [-0.3, -0.25) is 14.6 Å². The summed E-state index contributed by atoms with van der Waals surface area (Å²) in [7, 11) is 0. The van der Waals surface area contributed by atoms with E-state index in [1.807, 2.05) is 45.0 Å². The predicted octanol–water partition coefficient (Wildman–Crippen LogP) is 2.42. The molecule has 3 heterocycles. The molecule has 0 aliphatic heterocycles.